The van der Waals surface area contributed by atoms with Gasteiger partial charge in [0.1, 0.15) is 4.60 Å². The Balaban J connectivity index is 0.000000425. The highest BCUT2D eigenvalue weighted by Crippen LogP contribution is 2.14. The van der Waals surface area contributed by atoms with Gasteiger partial charge in [-0.1, -0.05) is 39.8 Å². The van der Waals surface area contributed by atoms with Gasteiger partial charge in [-0.2, -0.15) is 0 Å². The Hall–Kier alpha value is -1.88. The Morgan fingerprint density at radius 3 is 2.26 bits per heavy atom. The fourth-order valence-corrected chi connectivity index (χ4v) is 2.74. The van der Waals surface area contributed by atoms with Gasteiger partial charge in [-0.15, -0.1) is 0 Å². The number of rotatable bonds is 2. The van der Waals surface area contributed by atoms with Crippen LogP contribution >= 0.6 is 15.9 Å². The van der Waals surface area contributed by atoms with E-state index >= 15 is 0 Å². The quantitative estimate of drug-likeness (QED) is 0.454. The molecule has 3 aromatic rings. The number of halogens is 1. The Morgan fingerprint density at radius 1 is 1.07 bits per heavy atom. The van der Waals surface area contributed by atoms with Gasteiger partial charge in [-0.05, 0) is 61.3 Å². The van der Waals surface area contributed by atoms with Crippen LogP contribution in [-0.4, -0.2) is 28.0 Å². The Bertz CT molecular complexity index is 796. The van der Waals surface area contributed by atoms with Crippen LogP contribution in [0.2, 0.25) is 0 Å². The number of hydrogen-bond donors (Lipinski definition) is 0. The molecule has 27 heavy (non-hydrogen) atoms. The molecular formula is C22H35BrN4. The highest BCUT2D eigenvalue weighted by atomic mass is 79.9. The van der Waals surface area contributed by atoms with Gasteiger partial charge in [0.2, 0.25) is 0 Å². The zero-order valence-electron chi connectivity index (χ0n) is 18.3. The van der Waals surface area contributed by atoms with Crippen molar-refractivity contribution in [2.45, 2.75) is 55.4 Å². The number of fused-ring (bicyclic) bond motifs is 1. The SMILES string of the molecule is CC.CC.CCN(C)c1cccc(C)c1.Cc1nc(Br)cn2c(C)cnc12. The maximum Gasteiger partial charge on any atom is 0.158 e. The average Bonchev–Trinajstić information content (AvgIpc) is 3.06. The van der Waals surface area contributed by atoms with Crippen LogP contribution in [0, 0.1) is 20.8 Å². The first-order valence-electron chi connectivity index (χ1n) is 9.67. The number of nitrogens with zero attached hydrogens (tertiary/aromatic N) is 4. The van der Waals surface area contributed by atoms with Gasteiger partial charge in [0.25, 0.3) is 0 Å². The first-order chi connectivity index (χ1) is 12.9. The first kappa shape index (κ1) is 25.1. The van der Waals surface area contributed by atoms with Crippen molar-refractivity contribution in [2.75, 3.05) is 18.5 Å². The molecule has 0 aliphatic heterocycles. The van der Waals surface area contributed by atoms with E-state index in [1.165, 1.54) is 11.3 Å². The van der Waals surface area contributed by atoms with Crippen molar-refractivity contribution in [3.8, 4) is 0 Å². The van der Waals surface area contributed by atoms with E-state index in [9.17, 15) is 0 Å². The van der Waals surface area contributed by atoms with Gasteiger partial charge in [0, 0.05) is 37.4 Å². The van der Waals surface area contributed by atoms with Gasteiger partial charge in [-0.3, -0.25) is 0 Å². The molecule has 0 fully saturated rings. The molecule has 4 nitrogen and oxygen atoms in total. The lowest BCUT2D eigenvalue weighted by molar-refractivity contribution is 0.967. The minimum atomic E-state index is 0.841. The maximum absolute atomic E-state index is 4.25. The molecule has 0 radical (unpaired) electrons. The van der Waals surface area contributed by atoms with Crippen LogP contribution in [-0.2, 0) is 0 Å². The summed E-state index contributed by atoms with van der Waals surface area (Å²) in [5.41, 5.74) is 5.61. The molecular weight excluding hydrogens is 400 g/mol. The van der Waals surface area contributed by atoms with Crippen molar-refractivity contribution < 1.29 is 0 Å². The van der Waals surface area contributed by atoms with Crippen molar-refractivity contribution in [3.63, 3.8) is 0 Å². The lowest BCUT2D eigenvalue weighted by atomic mass is 10.2. The highest BCUT2D eigenvalue weighted by Gasteiger charge is 2.03. The van der Waals surface area contributed by atoms with E-state index in [1.807, 2.05) is 58.3 Å². The van der Waals surface area contributed by atoms with Crippen molar-refractivity contribution in [2.24, 2.45) is 0 Å². The van der Waals surface area contributed by atoms with E-state index in [0.29, 0.717) is 0 Å². The predicted octanol–water partition coefficient (Wildman–Crippen LogP) is 6.61. The predicted molar refractivity (Wildman–Crippen MR) is 123 cm³/mol. The topological polar surface area (TPSA) is 33.4 Å². The van der Waals surface area contributed by atoms with Crippen LogP contribution in [0.1, 0.15) is 51.6 Å². The van der Waals surface area contributed by atoms with Crippen LogP contribution in [0.15, 0.2) is 41.3 Å². The molecule has 0 N–H and O–H groups in total. The standard InChI is InChI=1S/C10H15N.C8H8BrN3.2C2H6/c1-4-11(3)10-7-5-6-9(2)8-10;1-5-3-10-8-6(2)11-7(9)4-12(5)8;2*1-2/h5-8H,4H2,1-3H3;3-4H,1-2H3;2*1-2H3. The largest absolute Gasteiger partial charge is 0.375 e. The second-order valence-corrected chi connectivity index (χ2v) is 6.41. The Kier molecular flexibility index (Phi) is 12.4. The molecule has 0 saturated carbocycles. The molecule has 3 rings (SSSR count). The summed E-state index contributed by atoms with van der Waals surface area (Å²) in [4.78, 5) is 10.7. The summed E-state index contributed by atoms with van der Waals surface area (Å²) in [7, 11) is 2.11. The third-order valence-electron chi connectivity index (χ3n) is 3.73. The summed E-state index contributed by atoms with van der Waals surface area (Å²) >= 11 is 3.34. The van der Waals surface area contributed by atoms with E-state index in [4.69, 9.17) is 0 Å². The molecule has 0 bridgehead atoms. The van der Waals surface area contributed by atoms with Crippen molar-refractivity contribution in [1.82, 2.24) is 14.4 Å². The minimum Gasteiger partial charge on any atom is -0.375 e. The summed E-state index contributed by atoms with van der Waals surface area (Å²) in [5.74, 6) is 0. The van der Waals surface area contributed by atoms with Gasteiger partial charge in [0.15, 0.2) is 5.65 Å². The summed E-state index contributed by atoms with van der Waals surface area (Å²) < 4.78 is 2.86. The number of benzene rings is 1. The van der Waals surface area contributed by atoms with Gasteiger partial charge in [-0.25, -0.2) is 9.97 Å². The molecule has 2 heterocycles. The monoisotopic (exact) mass is 434 g/mol. The van der Waals surface area contributed by atoms with Crippen LogP contribution in [0.4, 0.5) is 5.69 Å². The normalized spacial score (nSPS) is 9.26. The molecule has 0 aliphatic rings. The highest BCUT2D eigenvalue weighted by molar-refractivity contribution is 9.10. The van der Waals surface area contributed by atoms with Crippen molar-refractivity contribution in [1.29, 1.82) is 0 Å². The molecule has 1 aromatic carbocycles. The average molecular weight is 435 g/mol. The molecule has 5 heteroatoms. The second kappa shape index (κ2) is 13.3. The maximum atomic E-state index is 4.25. The van der Waals surface area contributed by atoms with E-state index in [0.717, 1.165) is 28.2 Å². The molecule has 0 aliphatic carbocycles. The fourth-order valence-electron chi connectivity index (χ4n) is 2.27. The molecule has 0 atom stereocenters. The number of anilines is 1. The van der Waals surface area contributed by atoms with Gasteiger partial charge < -0.3 is 9.30 Å². The van der Waals surface area contributed by atoms with Gasteiger partial charge >= 0.3 is 0 Å². The van der Waals surface area contributed by atoms with E-state index in [2.05, 4.69) is 76.0 Å². The molecule has 0 saturated heterocycles. The summed E-state index contributed by atoms with van der Waals surface area (Å²) in [6.07, 6.45) is 3.76. The Labute approximate surface area is 173 Å². The molecule has 0 spiro atoms. The summed E-state index contributed by atoms with van der Waals surface area (Å²) in [5, 5.41) is 0. The lowest BCUT2D eigenvalue weighted by Crippen LogP contribution is -2.15. The number of aromatic nitrogens is 3. The first-order valence-corrected chi connectivity index (χ1v) is 10.5. The van der Waals surface area contributed by atoms with Crippen LogP contribution < -0.4 is 4.90 Å². The summed E-state index contributed by atoms with van der Waals surface area (Å²) in [6.45, 7) is 17.3. The third-order valence-corrected chi connectivity index (χ3v) is 4.11. The molecule has 0 amide bonds. The van der Waals surface area contributed by atoms with E-state index in [-0.39, 0.29) is 0 Å². The van der Waals surface area contributed by atoms with Crippen molar-refractivity contribution >= 4 is 27.3 Å². The zero-order valence-corrected chi connectivity index (χ0v) is 19.9. The third kappa shape index (κ3) is 7.71. The minimum absolute atomic E-state index is 0.841. The van der Waals surface area contributed by atoms with Crippen LogP contribution in [0.3, 0.4) is 0 Å². The molecule has 2 aromatic heterocycles. The molecule has 0 unspecified atom stereocenters. The summed E-state index contributed by atoms with van der Waals surface area (Å²) in [6, 6.07) is 8.55. The second-order valence-electron chi connectivity index (χ2n) is 5.60. The zero-order chi connectivity index (χ0) is 21.0. The van der Waals surface area contributed by atoms with Gasteiger partial charge in [0.05, 0.1) is 5.69 Å². The Morgan fingerprint density at radius 2 is 1.70 bits per heavy atom. The van der Waals surface area contributed by atoms with Crippen LogP contribution in [0.25, 0.3) is 5.65 Å². The van der Waals surface area contributed by atoms with E-state index in [1.54, 1.807) is 0 Å². The fraction of sp³-hybridized carbons (Fsp3) is 0.455. The van der Waals surface area contributed by atoms with Crippen LogP contribution in [0.5, 0.6) is 0 Å². The van der Waals surface area contributed by atoms with E-state index < -0.39 is 0 Å². The lowest BCUT2D eigenvalue weighted by Gasteiger charge is -2.16. The number of imidazole rings is 1. The number of aryl methyl sites for hydroxylation is 3. The molecule has 150 valence electrons. The van der Waals surface area contributed by atoms with Crippen molar-refractivity contribution in [3.05, 3.63) is 58.2 Å². The number of hydrogen-bond acceptors (Lipinski definition) is 3. The smallest absolute Gasteiger partial charge is 0.158 e.